The molecule has 0 aliphatic carbocycles. The van der Waals surface area contributed by atoms with E-state index in [1.165, 1.54) is 11.3 Å². The van der Waals surface area contributed by atoms with Crippen LogP contribution in [0.15, 0.2) is 42.9 Å². The average molecular weight is 324 g/mol. The van der Waals surface area contributed by atoms with Crippen LogP contribution in [0, 0.1) is 12.8 Å². The smallest absolute Gasteiger partial charge is 0.220 e. The van der Waals surface area contributed by atoms with Crippen molar-refractivity contribution in [2.24, 2.45) is 5.92 Å². The summed E-state index contributed by atoms with van der Waals surface area (Å²) < 4.78 is 0. The number of para-hydroxylation sites is 1. The Morgan fingerprint density at radius 3 is 3.00 bits per heavy atom. The number of carbonyl (C=O) groups is 1. The van der Waals surface area contributed by atoms with Crippen LogP contribution in [-0.2, 0) is 11.2 Å². The summed E-state index contributed by atoms with van der Waals surface area (Å²) in [7, 11) is 0. The van der Waals surface area contributed by atoms with Crippen molar-refractivity contribution in [2.45, 2.75) is 26.2 Å². The molecule has 1 aromatic heterocycles. The fourth-order valence-corrected chi connectivity index (χ4v) is 3.18. The summed E-state index contributed by atoms with van der Waals surface area (Å²) in [5, 5.41) is 3.07. The molecule has 0 spiro atoms. The van der Waals surface area contributed by atoms with Crippen molar-refractivity contribution in [3.05, 3.63) is 54.1 Å². The molecule has 1 amide bonds. The molecule has 0 saturated carbocycles. The van der Waals surface area contributed by atoms with Crippen LogP contribution in [0.5, 0.6) is 0 Å². The molecular formula is C19H24N4O. The first-order valence-corrected chi connectivity index (χ1v) is 8.54. The van der Waals surface area contributed by atoms with E-state index in [-0.39, 0.29) is 5.91 Å². The molecule has 1 saturated heterocycles. The van der Waals surface area contributed by atoms with Crippen molar-refractivity contribution in [3.63, 3.8) is 0 Å². The minimum Gasteiger partial charge on any atom is -0.371 e. The number of benzene rings is 1. The highest BCUT2D eigenvalue weighted by molar-refractivity contribution is 5.76. The second-order valence-corrected chi connectivity index (χ2v) is 6.39. The van der Waals surface area contributed by atoms with E-state index in [0.717, 1.165) is 31.7 Å². The van der Waals surface area contributed by atoms with Crippen LogP contribution in [0.25, 0.3) is 0 Å². The second-order valence-electron chi connectivity index (χ2n) is 6.39. The van der Waals surface area contributed by atoms with Gasteiger partial charge in [0.05, 0.1) is 5.69 Å². The molecule has 1 aromatic carbocycles. The zero-order valence-corrected chi connectivity index (χ0v) is 14.1. The van der Waals surface area contributed by atoms with Crippen LogP contribution in [-0.4, -0.2) is 35.5 Å². The normalized spacial score (nSPS) is 17.0. The fraction of sp³-hybridized carbons (Fsp3) is 0.421. The van der Waals surface area contributed by atoms with Gasteiger partial charge in [-0.3, -0.25) is 14.8 Å². The zero-order chi connectivity index (χ0) is 16.8. The van der Waals surface area contributed by atoms with E-state index in [2.05, 4.69) is 51.4 Å². The van der Waals surface area contributed by atoms with Crippen molar-refractivity contribution < 1.29 is 4.79 Å². The standard InChI is InChI=1S/C19H24N4O/c1-15-4-2-3-5-18(15)23-11-8-16(14-23)12-22-19(24)7-6-17-13-20-9-10-21-17/h2-5,9-10,13,16H,6-8,11-12,14H2,1H3,(H,22,24)/t16-/m1/s1. The Morgan fingerprint density at radius 2 is 2.21 bits per heavy atom. The number of rotatable bonds is 6. The van der Waals surface area contributed by atoms with E-state index < -0.39 is 0 Å². The highest BCUT2D eigenvalue weighted by Crippen LogP contribution is 2.26. The molecule has 1 fully saturated rings. The first-order chi connectivity index (χ1) is 11.7. The van der Waals surface area contributed by atoms with Gasteiger partial charge in [-0.05, 0) is 37.3 Å². The van der Waals surface area contributed by atoms with Gasteiger partial charge in [-0.2, -0.15) is 0 Å². The van der Waals surface area contributed by atoms with Crippen molar-refractivity contribution in [1.82, 2.24) is 15.3 Å². The van der Waals surface area contributed by atoms with Gasteiger partial charge in [0.25, 0.3) is 0 Å². The number of aryl methyl sites for hydroxylation is 2. The van der Waals surface area contributed by atoms with Crippen molar-refractivity contribution in [2.75, 3.05) is 24.5 Å². The third kappa shape index (κ3) is 4.31. The Balaban J connectivity index is 1.41. The van der Waals surface area contributed by atoms with Crippen LogP contribution in [0.4, 0.5) is 5.69 Å². The van der Waals surface area contributed by atoms with Gasteiger partial charge in [-0.15, -0.1) is 0 Å². The minimum atomic E-state index is 0.0926. The monoisotopic (exact) mass is 324 g/mol. The van der Waals surface area contributed by atoms with Gasteiger partial charge >= 0.3 is 0 Å². The number of nitrogens with one attached hydrogen (secondary N) is 1. The Morgan fingerprint density at radius 1 is 1.33 bits per heavy atom. The molecule has 2 heterocycles. The molecule has 24 heavy (non-hydrogen) atoms. The minimum absolute atomic E-state index is 0.0926. The summed E-state index contributed by atoms with van der Waals surface area (Å²) in [6.07, 6.45) is 7.24. The number of amides is 1. The molecule has 0 radical (unpaired) electrons. The molecular weight excluding hydrogens is 300 g/mol. The maximum atomic E-state index is 12.0. The number of hydrogen-bond acceptors (Lipinski definition) is 4. The summed E-state index contributed by atoms with van der Waals surface area (Å²) in [5.74, 6) is 0.611. The lowest BCUT2D eigenvalue weighted by molar-refractivity contribution is -0.121. The molecule has 2 aromatic rings. The Bertz CT molecular complexity index is 674. The third-order valence-corrected chi connectivity index (χ3v) is 4.55. The lowest BCUT2D eigenvalue weighted by Gasteiger charge is -2.21. The predicted octanol–water partition coefficient (Wildman–Crippen LogP) is 2.36. The largest absolute Gasteiger partial charge is 0.371 e. The number of carbonyl (C=O) groups excluding carboxylic acids is 1. The van der Waals surface area contributed by atoms with Crippen molar-refractivity contribution in [1.29, 1.82) is 0 Å². The summed E-state index contributed by atoms with van der Waals surface area (Å²) in [6.45, 7) is 4.97. The zero-order valence-electron chi connectivity index (χ0n) is 14.1. The summed E-state index contributed by atoms with van der Waals surface area (Å²) in [4.78, 5) is 22.6. The van der Waals surface area contributed by atoms with E-state index in [9.17, 15) is 4.79 Å². The van der Waals surface area contributed by atoms with Gasteiger partial charge in [-0.1, -0.05) is 18.2 Å². The van der Waals surface area contributed by atoms with Crippen LogP contribution in [0.3, 0.4) is 0 Å². The first-order valence-electron chi connectivity index (χ1n) is 8.54. The Hall–Kier alpha value is -2.43. The van der Waals surface area contributed by atoms with E-state index in [1.807, 2.05) is 0 Å². The maximum absolute atomic E-state index is 12.0. The van der Waals surface area contributed by atoms with Crippen molar-refractivity contribution in [3.8, 4) is 0 Å². The van der Waals surface area contributed by atoms with Gasteiger partial charge in [0, 0.05) is 50.3 Å². The lowest BCUT2D eigenvalue weighted by atomic mass is 10.1. The van der Waals surface area contributed by atoms with Gasteiger partial charge in [0.1, 0.15) is 0 Å². The van der Waals surface area contributed by atoms with Crippen molar-refractivity contribution >= 4 is 11.6 Å². The number of nitrogens with zero attached hydrogens (tertiary/aromatic N) is 3. The van der Waals surface area contributed by atoms with E-state index in [0.29, 0.717) is 18.8 Å². The quantitative estimate of drug-likeness (QED) is 0.886. The topological polar surface area (TPSA) is 58.1 Å². The average Bonchev–Trinajstić information content (AvgIpc) is 3.08. The molecule has 0 unspecified atom stereocenters. The molecule has 3 rings (SSSR count). The van der Waals surface area contributed by atoms with Crippen LogP contribution in [0.2, 0.25) is 0 Å². The molecule has 1 aliphatic rings. The lowest BCUT2D eigenvalue weighted by Crippen LogP contribution is -2.31. The van der Waals surface area contributed by atoms with Gasteiger partial charge in [0.2, 0.25) is 5.91 Å². The molecule has 5 heteroatoms. The van der Waals surface area contributed by atoms with E-state index >= 15 is 0 Å². The Labute approximate surface area is 143 Å². The third-order valence-electron chi connectivity index (χ3n) is 4.55. The summed E-state index contributed by atoms with van der Waals surface area (Å²) in [5.41, 5.74) is 3.49. The maximum Gasteiger partial charge on any atom is 0.220 e. The molecule has 5 nitrogen and oxygen atoms in total. The Kier molecular flexibility index (Phi) is 5.41. The van der Waals surface area contributed by atoms with Gasteiger partial charge in [0.15, 0.2) is 0 Å². The van der Waals surface area contributed by atoms with Gasteiger partial charge < -0.3 is 10.2 Å². The number of anilines is 1. The fourth-order valence-electron chi connectivity index (χ4n) is 3.18. The van der Waals surface area contributed by atoms with Crippen LogP contribution >= 0.6 is 0 Å². The molecule has 1 N–H and O–H groups in total. The van der Waals surface area contributed by atoms with Gasteiger partial charge in [-0.25, -0.2) is 0 Å². The number of aromatic nitrogens is 2. The van der Waals surface area contributed by atoms with E-state index in [1.54, 1.807) is 18.6 Å². The van der Waals surface area contributed by atoms with Crippen LogP contribution in [0.1, 0.15) is 24.1 Å². The summed E-state index contributed by atoms with van der Waals surface area (Å²) in [6, 6.07) is 8.49. The molecule has 1 aliphatic heterocycles. The predicted molar refractivity (Wildman–Crippen MR) is 94.9 cm³/mol. The first kappa shape index (κ1) is 16.4. The molecule has 126 valence electrons. The highest BCUT2D eigenvalue weighted by atomic mass is 16.1. The SMILES string of the molecule is Cc1ccccc1N1CC[C@H](CNC(=O)CCc2cnccn2)C1. The summed E-state index contributed by atoms with van der Waals surface area (Å²) >= 11 is 0. The van der Waals surface area contributed by atoms with Crippen LogP contribution < -0.4 is 10.2 Å². The molecule has 1 atom stereocenters. The molecule has 0 bridgehead atoms. The highest BCUT2D eigenvalue weighted by Gasteiger charge is 2.23. The second kappa shape index (κ2) is 7.90. The number of hydrogen-bond donors (Lipinski definition) is 1. The van der Waals surface area contributed by atoms with E-state index in [4.69, 9.17) is 0 Å².